The van der Waals surface area contributed by atoms with E-state index in [0.717, 1.165) is 5.57 Å². The largest absolute Gasteiger partial charge is 0.458 e. The van der Waals surface area contributed by atoms with Crippen molar-refractivity contribution in [1.29, 1.82) is 0 Å². The van der Waals surface area contributed by atoms with E-state index >= 15 is 0 Å². The van der Waals surface area contributed by atoms with E-state index in [1.54, 1.807) is 0 Å². The number of ether oxygens (including phenoxy) is 2. The fourth-order valence-electron chi connectivity index (χ4n) is 4.16. The van der Waals surface area contributed by atoms with Crippen molar-refractivity contribution in [2.75, 3.05) is 6.61 Å². The van der Waals surface area contributed by atoms with Gasteiger partial charge < -0.3 is 19.7 Å². The van der Waals surface area contributed by atoms with Gasteiger partial charge in [-0.25, -0.2) is 9.59 Å². The Balaban J connectivity index is 2.02. The lowest BCUT2D eigenvalue weighted by molar-refractivity contribution is -0.151. The van der Waals surface area contributed by atoms with Crippen LogP contribution in [0.3, 0.4) is 0 Å². The van der Waals surface area contributed by atoms with Crippen molar-refractivity contribution in [2.24, 2.45) is 17.8 Å². The molecule has 0 unspecified atom stereocenters. The minimum atomic E-state index is -0.784. The van der Waals surface area contributed by atoms with Crippen LogP contribution in [0.1, 0.15) is 12.8 Å². The maximum Gasteiger partial charge on any atom is 0.336 e. The van der Waals surface area contributed by atoms with Gasteiger partial charge in [-0.15, -0.1) is 0 Å². The van der Waals surface area contributed by atoms with Gasteiger partial charge >= 0.3 is 11.9 Å². The molecule has 2 aliphatic carbocycles. The van der Waals surface area contributed by atoms with Crippen LogP contribution < -0.4 is 0 Å². The lowest BCUT2D eigenvalue weighted by Crippen LogP contribution is -2.39. The van der Waals surface area contributed by atoms with Crippen LogP contribution in [0.4, 0.5) is 0 Å². The Morgan fingerprint density at radius 2 is 1.96 bits per heavy atom. The van der Waals surface area contributed by atoms with Crippen LogP contribution in [0.5, 0.6) is 0 Å². The Hall–Kier alpha value is -2.18. The van der Waals surface area contributed by atoms with E-state index in [1.165, 1.54) is 0 Å². The molecule has 134 valence electrons. The molecule has 0 aromatic rings. The summed E-state index contributed by atoms with van der Waals surface area (Å²) in [5, 5.41) is 19.4. The SMILES string of the molecule is C=C(CO)C(=O)O[C@H]1[C@H]2C(=C)C(=O)O[C@H]2CC(=C)[C@@H]2C[C@H](O)C(=C)[C@H]12. The number of rotatable bonds is 3. The van der Waals surface area contributed by atoms with E-state index in [-0.39, 0.29) is 23.0 Å². The molecule has 3 fully saturated rings. The van der Waals surface area contributed by atoms with Crippen molar-refractivity contribution >= 4 is 11.9 Å². The summed E-state index contributed by atoms with van der Waals surface area (Å²) in [5.74, 6) is -2.33. The number of aliphatic hydroxyl groups is 2. The second kappa shape index (κ2) is 6.28. The van der Waals surface area contributed by atoms with Crippen LogP contribution in [0.15, 0.2) is 48.6 Å². The highest BCUT2D eigenvalue weighted by Crippen LogP contribution is 2.52. The summed E-state index contributed by atoms with van der Waals surface area (Å²) in [7, 11) is 0. The number of aliphatic hydroxyl groups excluding tert-OH is 2. The third-order valence-electron chi connectivity index (χ3n) is 5.51. The zero-order valence-corrected chi connectivity index (χ0v) is 13.9. The van der Waals surface area contributed by atoms with Gasteiger partial charge in [-0.2, -0.15) is 0 Å². The molecule has 6 heteroatoms. The summed E-state index contributed by atoms with van der Waals surface area (Å²) in [4.78, 5) is 24.2. The molecule has 6 nitrogen and oxygen atoms in total. The summed E-state index contributed by atoms with van der Waals surface area (Å²) in [6, 6.07) is 0. The number of carbonyl (C=O) groups is 2. The van der Waals surface area contributed by atoms with Gasteiger partial charge in [-0.05, 0) is 17.9 Å². The fourth-order valence-corrected chi connectivity index (χ4v) is 4.16. The maximum atomic E-state index is 12.2. The smallest absolute Gasteiger partial charge is 0.336 e. The molecule has 0 aromatic heterocycles. The monoisotopic (exact) mass is 346 g/mol. The summed E-state index contributed by atoms with van der Waals surface area (Å²) in [6.45, 7) is 14.8. The number of fused-ring (bicyclic) bond motifs is 2. The molecule has 0 bridgehead atoms. The van der Waals surface area contributed by atoms with E-state index < -0.39 is 42.8 Å². The van der Waals surface area contributed by atoms with Crippen LogP contribution in [0.2, 0.25) is 0 Å². The molecular weight excluding hydrogens is 324 g/mol. The Labute approximate surface area is 146 Å². The molecule has 3 aliphatic rings. The van der Waals surface area contributed by atoms with Gasteiger partial charge in [-0.1, -0.05) is 31.9 Å². The summed E-state index contributed by atoms with van der Waals surface area (Å²) >= 11 is 0. The van der Waals surface area contributed by atoms with Gasteiger partial charge in [0.2, 0.25) is 0 Å². The molecule has 2 saturated carbocycles. The second-order valence-corrected chi connectivity index (χ2v) is 6.95. The summed E-state index contributed by atoms with van der Waals surface area (Å²) in [6.07, 6.45) is -1.16. The van der Waals surface area contributed by atoms with Crippen LogP contribution in [0, 0.1) is 17.8 Å². The maximum absolute atomic E-state index is 12.2. The average molecular weight is 346 g/mol. The first-order valence-corrected chi connectivity index (χ1v) is 8.20. The summed E-state index contributed by atoms with van der Waals surface area (Å²) < 4.78 is 11.0. The molecule has 0 amide bonds. The number of carbonyl (C=O) groups excluding carboxylic acids is 2. The Morgan fingerprint density at radius 1 is 1.28 bits per heavy atom. The van der Waals surface area contributed by atoms with Crippen LogP contribution in [-0.2, 0) is 19.1 Å². The summed E-state index contributed by atoms with van der Waals surface area (Å²) in [5.41, 5.74) is 1.53. The molecular formula is C19H22O6. The predicted octanol–water partition coefficient (Wildman–Crippen LogP) is 1.06. The number of esters is 2. The van der Waals surface area contributed by atoms with Gasteiger partial charge in [0.25, 0.3) is 0 Å². The van der Waals surface area contributed by atoms with E-state index in [2.05, 4.69) is 26.3 Å². The zero-order chi connectivity index (χ0) is 18.5. The van der Waals surface area contributed by atoms with Gasteiger partial charge in [0.15, 0.2) is 0 Å². The van der Waals surface area contributed by atoms with E-state index in [1.807, 2.05) is 0 Å². The molecule has 25 heavy (non-hydrogen) atoms. The highest BCUT2D eigenvalue weighted by atomic mass is 16.6. The first-order chi connectivity index (χ1) is 11.8. The van der Waals surface area contributed by atoms with E-state index in [9.17, 15) is 14.7 Å². The number of hydrogen-bond acceptors (Lipinski definition) is 6. The Morgan fingerprint density at radius 3 is 2.60 bits per heavy atom. The quantitative estimate of drug-likeness (QED) is 0.451. The van der Waals surface area contributed by atoms with Crippen molar-refractivity contribution in [3.05, 3.63) is 48.6 Å². The van der Waals surface area contributed by atoms with Gasteiger partial charge in [0.1, 0.15) is 12.2 Å². The minimum absolute atomic E-state index is 0.0869. The molecule has 2 N–H and O–H groups in total. The molecule has 1 heterocycles. The second-order valence-electron chi connectivity index (χ2n) is 6.95. The first-order valence-electron chi connectivity index (χ1n) is 8.20. The normalized spacial score (nSPS) is 37.2. The fraction of sp³-hybridized carbons (Fsp3) is 0.474. The third kappa shape index (κ3) is 2.75. The topological polar surface area (TPSA) is 93.1 Å². The molecule has 0 aromatic carbocycles. The van der Waals surface area contributed by atoms with Crippen LogP contribution in [-0.4, -0.2) is 47.1 Å². The highest BCUT2D eigenvalue weighted by Gasteiger charge is 2.56. The van der Waals surface area contributed by atoms with Crippen molar-refractivity contribution in [2.45, 2.75) is 31.2 Å². The zero-order valence-electron chi connectivity index (χ0n) is 13.9. The standard InChI is InChI=1S/C19H22O6/c1-8-5-14-16(11(4)19(23)24-14)17(25-18(22)9(2)7-20)15-10(3)13(21)6-12(8)15/h12-17,20-21H,1-7H2/t12-,13-,14-,15-,16-,17+/m0/s1. The van der Waals surface area contributed by atoms with Gasteiger partial charge in [0, 0.05) is 17.9 Å². The van der Waals surface area contributed by atoms with Crippen molar-refractivity contribution in [3.8, 4) is 0 Å². The van der Waals surface area contributed by atoms with Crippen molar-refractivity contribution in [1.82, 2.24) is 0 Å². The Kier molecular flexibility index (Phi) is 4.43. The van der Waals surface area contributed by atoms with Crippen molar-refractivity contribution in [3.63, 3.8) is 0 Å². The molecule has 1 aliphatic heterocycles. The van der Waals surface area contributed by atoms with Crippen LogP contribution in [0.25, 0.3) is 0 Å². The minimum Gasteiger partial charge on any atom is -0.458 e. The molecule has 0 spiro atoms. The predicted molar refractivity (Wildman–Crippen MR) is 89.1 cm³/mol. The van der Waals surface area contributed by atoms with E-state index in [4.69, 9.17) is 14.6 Å². The number of hydrogen-bond donors (Lipinski definition) is 2. The Bertz CT molecular complexity index is 690. The third-order valence-corrected chi connectivity index (χ3v) is 5.51. The van der Waals surface area contributed by atoms with E-state index in [0.29, 0.717) is 18.4 Å². The van der Waals surface area contributed by atoms with Crippen LogP contribution >= 0.6 is 0 Å². The lowest BCUT2D eigenvalue weighted by atomic mass is 9.80. The average Bonchev–Trinajstić information content (AvgIpc) is 2.98. The first kappa shape index (κ1) is 17.6. The molecule has 6 atom stereocenters. The molecule has 1 saturated heterocycles. The lowest BCUT2D eigenvalue weighted by Gasteiger charge is -2.31. The van der Waals surface area contributed by atoms with Crippen molar-refractivity contribution < 1.29 is 29.3 Å². The highest BCUT2D eigenvalue weighted by molar-refractivity contribution is 5.92. The molecule has 3 rings (SSSR count). The van der Waals surface area contributed by atoms with Gasteiger partial charge in [-0.3, -0.25) is 0 Å². The molecule has 0 radical (unpaired) electrons. The van der Waals surface area contributed by atoms with Gasteiger partial charge in [0.05, 0.1) is 24.2 Å².